The van der Waals surface area contributed by atoms with Gasteiger partial charge in [-0.3, -0.25) is 18.6 Å². The summed E-state index contributed by atoms with van der Waals surface area (Å²) in [6.45, 7) is 6.83. The largest absolute Gasteiger partial charge is 0.472 e. The molecule has 1 amide bonds. The van der Waals surface area contributed by atoms with E-state index in [0.29, 0.717) is 17.4 Å². The summed E-state index contributed by atoms with van der Waals surface area (Å²) in [6.07, 6.45) is 79.5. The third-order valence-electron chi connectivity index (χ3n) is 13.7. The zero-order valence-corrected chi connectivity index (χ0v) is 52.7. The first kappa shape index (κ1) is 75.7. The van der Waals surface area contributed by atoms with Crippen molar-refractivity contribution in [2.24, 2.45) is 0 Å². The third kappa shape index (κ3) is 59.1. The Hall–Kier alpha value is -3.33. The summed E-state index contributed by atoms with van der Waals surface area (Å²) in [5.74, 6) is -0.551. The number of nitrogens with zero attached hydrogens (tertiary/aromatic N) is 1. The van der Waals surface area contributed by atoms with Crippen LogP contribution in [-0.4, -0.2) is 74.3 Å². The molecule has 0 spiro atoms. The quantitative estimate of drug-likeness (QED) is 0.0205. The van der Waals surface area contributed by atoms with Gasteiger partial charge in [-0.1, -0.05) is 246 Å². The molecule has 0 saturated carbocycles. The lowest BCUT2D eigenvalue weighted by molar-refractivity contribution is -0.870. The number of hydrogen-bond acceptors (Lipinski definition) is 6. The van der Waals surface area contributed by atoms with E-state index >= 15 is 0 Å². The standard InChI is InChI=1S/C69H121N2O7P/c1-7-10-13-16-19-22-25-27-29-31-33-34-35-36-38-40-42-44-47-50-53-56-59-62-69(73)78-67(60-57-54-51-48-45-24-21-18-15-12-9-3)66(65-77-79(74,75)76-64-63-71(4,5)6)70-68(72)61-58-55-52-49-46-43-41-39-37-32-30-28-26-23-20-17-14-11-8-2/h11,14,19-20,22-23,27-30,33-34,37,39,43,46,57,60,66-67H,7-10,12-13,15-18,21,24-26,31-32,35-36,38,40-42,44-45,47-56,58-59,61-65H2,1-6H3,(H-,70,72,74,75)/p+1/b14-11-,22-19-,23-20-,29-27-,30-28-,34-33-,39-37-,46-43-,60-57+. The molecular formula is C69H122N2O7P+. The summed E-state index contributed by atoms with van der Waals surface area (Å²) in [6, 6.07) is -0.874. The average Bonchev–Trinajstić information content (AvgIpc) is 3.41. The molecule has 79 heavy (non-hydrogen) atoms. The molecule has 0 rings (SSSR count). The van der Waals surface area contributed by atoms with Gasteiger partial charge in [-0.25, -0.2) is 4.57 Å². The first-order valence-electron chi connectivity index (χ1n) is 32.2. The van der Waals surface area contributed by atoms with Crippen molar-refractivity contribution >= 4 is 19.7 Å². The van der Waals surface area contributed by atoms with Gasteiger partial charge in [-0.05, 0) is 115 Å². The maximum atomic E-state index is 13.5. The monoisotopic (exact) mass is 1120 g/mol. The SMILES string of the molecule is CC/C=C\C/C=C\C/C=C\C/C=C\C/C=C\CCCCCC(=O)NC(COP(=O)(O)OCC[N+](C)(C)C)C(/C=C/CCCCCCCCCCC)OC(=O)CCCCCCCCCCCC/C=C\C/C=C\C/C=C\CCCCC. The molecule has 0 aliphatic carbocycles. The average molecular weight is 1120 g/mol. The Morgan fingerprint density at radius 3 is 1.25 bits per heavy atom. The van der Waals surface area contributed by atoms with Crippen molar-refractivity contribution in [2.45, 2.75) is 277 Å². The number of phosphoric acid groups is 1. The topological polar surface area (TPSA) is 111 Å². The molecule has 0 saturated heterocycles. The van der Waals surface area contributed by atoms with Crippen LogP contribution in [0.4, 0.5) is 0 Å². The lowest BCUT2D eigenvalue weighted by atomic mass is 10.0. The lowest BCUT2D eigenvalue weighted by Crippen LogP contribution is -2.47. The van der Waals surface area contributed by atoms with Crippen molar-refractivity contribution in [2.75, 3.05) is 40.9 Å². The van der Waals surface area contributed by atoms with Crippen molar-refractivity contribution in [1.29, 1.82) is 0 Å². The Kier molecular flexibility index (Phi) is 55.4. The summed E-state index contributed by atoms with van der Waals surface area (Å²) >= 11 is 0. The van der Waals surface area contributed by atoms with Crippen molar-refractivity contribution in [3.63, 3.8) is 0 Å². The van der Waals surface area contributed by atoms with E-state index in [9.17, 15) is 19.0 Å². The molecule has 3 atom stereocenters. The Morgan fingerprint density at radius 1 is 0.456 bits per heavy atom. The van der Waals surface area contributed by atoms with E-state index in [0.717, 1.165) is 116 Å². The number of ether oxygens (including phenoxy) is 1. The highest BCUT2D eigenvalue weighted by Gasteiger charge is 2.30. The lowest BCUT2D eigenvalue weighted by Gasteiger charge is -2.27. The van der Waals surface area contributed by atoms with E-state index in [1.165, 1.54) is 109 Å². The molecule has 0 fully saturated rings. The fraction of sp³-hybridized carbons (Fsp3) is 0.710. The predicted molar refractivity (Wildman–Crippen MR) is 341 cm³/mol. The van der Waals surface area contributed by atoms with Gasteiger partial charge in [0.1, 0.15) is 19.3 Å². The highest BCUT2D eigenvalue weighted by molar-refractivity contribution is 7.47. The minimum Gasteiger partial charge on any atom is -0.456 e. The number of quaternary nitrogens is 1. The molecule has 454 valence electrons. The van der Waals surface area contributed by atoms with Crippen LogP contribution in [0, 0.1) is 0 Å². The predicted octanol–water partition coefficient (Wildman–Crippen LogP) is 20.1. The molecule has 0 aliphatic heterocycles. The second kappa shape index (κ2) is 57.9. The molecule has 10 heteroatoms. The highest BCUT2D eigenvalue weighted by Crippen LogP contribution is 2.43. The highest BCUT2D eigenvalue weighted by atomic mass is 31.2. The van der Waals surface area contributed by atoms with Gasteiger partial charge in [0.2, 0.25) is 5.91 Å². The van der Waals surface area contributed by atoms with Crippen LogP contribution in [0.25, 0.3) is 0 Å². The van der Waals surface area contributed by atoms with Crippen LogP contribution in [0.2, 0.25) is 0 Å². The number of allylic oxidation sites excluding steroid dienone is 17. The molecule has 2 N–H and O–H groups in total. The second-order valence-corrected chi connectivity index (χ2v) is 24.0. The fourth-order valence-electron chi connectivity index (χ4n) is 8.74. The molecule has 0 bridgehead atoms. The van der Waals surface area contributed by atoms with E-state index < -0.39 is 20.0 Å². The zero-order valence-electron chi connectivity index (χ0n) is 51.8. The number of amides is 1. The molecule has 3 unspecified atom stereocenters. The van der Waals surface area contributed by atoms with Crippen molar-refractivity contribution < 1.29 is 37.3 Å². The Bertz CT molecular complexity index is 1720. The number of rotatable bonds is 57. The summed E-state index contributed by atoms with van der Waals surface area (Å²) in [5, 5.41) is 3.04. The molecular weight excluding hydrogens is 1000 g/mol. The number of carbonyl (C=O) groups excluding carboxylic acids is 2. The number of hydrogen-bond donors (Lipinski definition) is 2. The van der Waals surface area contributed by atoms with Crippen LogP contribution in [0.15, 0.2) is 109 Å². The van der Waals surface area contributed by atoms with Crippen molar-refractivity contribution in [3.05, 3.63) is 109 Å². The van der Waals surface area contributed by atoms with E-state index in [-0.39, 0.29) is 37.9 Å². The van der Waals surface area contributed by atoms with E-state index in [2.05, 4.69) is 123 Å². The van der Waals surface area contributed by atoms with Gasteiger partial charge in [0.25, 0.3) is 0 Å². The van der Waals surface area contributed by atoms with Crippen molar-refractivity contribution in [3.8, 4) is 0 Å². The summed E-state index contributed by atoms with van der Waals surface area (Å²) in [5.41, 5.74) is 0. The fourth-order valence-corrected chi connectivity index (χ4v) is 9.47. The first-order valence-corrected chi connectivity index (χ1v) is 33.7. The third-order valence-corrected chi connectivity index (χ3v) is 14.7. The number of esters is 1. The molecule has 0 aromatic heterocycles. The number of phosphoric ester groups is 1. The van der Waals surface area contributed by atoms with Crippen LogP contribution in [0.5, 0.6) is 0 Å². The van der Waals surface area contributed by atoms with Crippen molar-refractivity contribution in [1.82, 2.24) is 5.32 Å². The Morgan fingerprint density at radius 2 is 0.810 bits per heavy atom. The van der Waals surface area contributed by atoms with Gasteiger partial charge < -0.3 is 19.4 Å². The molecule has 0 radical (unpaired) electrons. The van der Waals surface area contributed by atoms with Gasteiger partial charge in [0.15, 0.2) is 0 Å². The molecule has 0 aliphatic rings. The smallest absolute Gasteiger partial charge is 0.456 e. The van der Waals surface area contributed by atoms with Crippen LogP contribution >= 0.6 is 7.82 Å². The van der Waals surface area contributed by atoms with Gasteiger partial charge in [0.05, 0.1) is 33.8 Å². The Labute approximate surface area is 487 Å². The van der Waals surface area contributed by atoms with Crippen LogP contribution in [0.3, 0.4) is 0 Å². The van der Waals surface area contributed by atoms with Gasteiger partial charge >= 0.3 is 13.8 Å². The summed E-state index contributed by atoms with van der Waals surface area (Å²) in [4.78, 5) is 37.7. The van der Waals surface area contributed by atoms with Gasteiger partial charge in [-0.15, -0.1) is 0 Å². The van der Waals surface area contributed by atoms with Gasteiger partial charge in [-0.2, -0.15) is 0 Å². The molecule has 0 heterocycles. The number of nitrogens with one attached hydrogen (secondary N) is 1. The zero-order chi connectivity index (χ0) is 57.9. The van der Waals surface area contributed by atoms with E-state index in [1.807, 2.05) is 33.3 Å². The maximum absolute atomic E-state index is 13.5. The second-order valence-electron chi connectivity index (χ2n) is 22.5. The van der Waals surface area contributed by atoms with Crippen LogP contribution < -0.4 is 5.32 Å². The number of unbranched alkanes of at least 4 members (excludes halogenated alkanes) is 25. The normalized spacial score (nSPS) is 14.4. The van der Waals surface area contributed by atoms with Gasteiger partial charge in [0, 0.05) is 12.8 Å². The van der Waals surface area contributed by atoms with Crippen LogP contribution in [0.1, 0.15) is 265 Å². The number of likely N-dealkylation sites (N-methyl/N-ethyl adjacent to an activating group) is 1. The van der Waals surface area contributed by atoms with Crippen LogP contribution in [-0.2, 0) is 27.9 Å². The number of carbonyl (C=O) groups is 2. The molecule has 0 aromatic rings. The molecule has 9 nitrogen and oxygen atoms in total. The minimum atomic E-state index is -4.47. The first-order chi connectivity index (χ1) is 38.4. The summed E-state index contributed by atoms with van der Waals surface area (Å²) < 4.78 is 30.7. The molecule has 0 aromatic carbocycles. The van der Waals surface area contributed by atoms with E-state index in [1.54, 1.807) is 0 Å². The Balaban J connectivity index is 5.22. The summed E-state index contributed by atoms with van der Waals surface area (Å²) in [7, 11) is 1.46. The maximum Gasteiger partial charge on any atom is 0.472 e. The minimum absolute atomic E-state index is 0.0275. The van der Waals surface area contributed by atoms with E-state index in [4.69, 9.17) is 13.8 Å².